The highest BCUT2D eigenvalue weighted by molar-refractivity contribution is 5.76. The van der Waals surface area contributed by atoms with Crippen LogP contribution >= 0.6 is 0 Å². The fraction of sp³-hybridized carbons (Fsp3) is 0.294. The molecule has 1 N–H and O–H groups in total. The SMILES string of the molecule is COc1ccc(CCC(=O)NCc2cccnc2OC)cc1. The van der Waals surface area contributed by atoms with Crippen LogP contribution in [0.4, 0.5) is 0 Å². The number of carbonyl (C=O) groups is 1. The van der Waals surface area contributed by atoms with E-state index in [9.17, 15) is 4.79 Å². The predicted molar refractivity (Wildman–Crippen MR) is 84.0 cm³/mol. The van der Waals surface area contributed by atoms with Gasteiger partial charge in [-0.05, 0) is 30.2 Å². The molecule has 0 spiro atoms. The van der Waals surface area contributed by atoms with Crippen LogP contribution in [0.1, 0.15) is 17.5 Å². The van der Waals surface area contributed by atoms with Gasteiger partial charge < -0.3 is 14.8 Å². The molecule has 0 aliphatic heterocycles. The van der Waals surface area contributed by atoms with Crippen molar-refractivity contribution in [2.24, 2.45) is 0 Å². The first-order valence-corrected chi connectivity index (χ1v) is 7.10. The summed E-state index contributed by atoms with van der Waals surface area (Å²) in [6.07, 6.45) is 2.79. The summed E-state index contributed by atoms with van der Waals surface area (Å²) in [4.78, 5) is 16.0. The van der Waals surface area contributed by atoms with E-state index >= 15 is 0 Å². The molecule has 0 aliphatic rings. The molecule has 116 valence electrons. The van der Waals surface area contributed by atoms with Crippen LogP contribution in [-0.2, 0) is 17.8 Å². The molecule has 22 heavy (non-hydrogen) atoms. The number of amides is 1. The Bertz CT molecular complexity index is 612. The van der Waals surface area contributed by atoms with E-state index in [1.54, 1.807) is 20.4 Å². The van der Waals surface area contributed by atoms with Gasteiger partial charge in [-0.2, -0.15) is 0 Å². The summed E-state index contributed by atoms with van der Waals surface area (Å²) in [6, 6.07) is 11.4. The van der Waals surface area contributed by atoms with Crippen LogP contribution in [0, 0.1) is 0 Å². The minimum atomic E-state index is 0.00160. The molecule has 0 unspecified atom stereocenters. The van der Waals surface area contributed by atoms with Crippen LogP contribution in [0.2, 0.25) is 0 Å². The maximum atomic E-state index is 11.9. The number of ether oxygens (including phenoxy) is 2. The normalized spacial score (nSPS) is 10.1. The number of hydrogen-bond acceptors (Lipinski definition) is 4. The van der Waals surface area contributed by atoms with Crippen LogP contribution in [0.3, 0.4) is 0 Å². The van der Waals surface area contributed by atoms with Crippen LogP contribution in [0.5, 0.6) is 11.6 Å². The molecule has 1 amide bonds. The highest BCUT2D eigenvalue weighted by Crippen LogP contribution is 2.14. The first kappa shape index (κ1) is 15.8. The number of hydrogen-bond donors (Lipinski definition) is 1. The molecule has 0 radical (unpaired) electrons. The topological polar surface area (TPSA) is 60.5 Å². The molecule has 0 saturated heterocycles. The van der Waals surface area contributed by atoms with Gasteiger partial charge in [-0.3, -0.25) is 4.79 Å². The average Bonchev–Trinajstić information content (AvgIpc) is 2.58. The van der Waals surface area contributed by atoms with Gasteiger partial charge >= 0.3 is 0 Å². The smallest absolute Gasteiger partial charge is 0.220 e. The zero-order valence-electron chi connectivity index (χ0n) is 12.8. The quantitative estimate of drug-likeness (QED) is 0.852. The highest BCUT2D eigenvalue weighted by Gasteiger charge is 2.06. The van der Waals surface area contributed by atoms with Gasteiger partial charge in [0.25, 0.3) is 0 Å². The molecule has 2 rings (SSSR count). The second-order valence-corrected chi connectivity index (χ2v) is 4.80. The number of nitrogens with zero attached hydrogens (tertiary/aromatic N) is 1. The van der Waals surface area contributed by atoms with E-state index in [0.29, 0.717) is 25.3 Å². The summed E-state index contributed by atoms with van der Waals surface area (Å²) in [5, 5.41) is 2.88. The molecular weight excluding hydrogens is 280 g/mol. The van der Waals surface area contributed by atoms with Crippen molar-refractivity contribution in [1.29, 1.82) is 0 Å². The van der Waals surface area contributed by atoms with Crippen molar-refractivity contribution in [2.75, 3.05) is 14.2 Å². The van der Waals surface area contributed by atoms with Crippen molar-refractivity contribution < 1.29 is 14.3 Å². The maximum Gasteiger partial charge on any atom is 0.220 e. The Labute approximate surface area is 130 Å². The lowest BCUT2D eigenvalue weighted by atomic mass is 10.1. The van der Waals surface area contributed by atoms with E-state index < -0.39 is 0 Å². The van der Waals surface area contributed by atoms with E-state index in [-0.39, 0.29) is 5.91 Å². The van der Waals surface area contributed by atoms with Crippen LogP contribution in [-0.4, -0.2) is 25.1 Å². The Kier molecular flexibility index (Phi) is 5.77. The molecule has 1 aromatic carbocycles. The standard InChI is InChI=1S/C17H20N2O3/c1-21-15-8-5-13(6-9-15)7-10-16(20)19-12-14-4-3-11-18-17(14)22-2/h3-6,8-9,11H,7,10,12H2,1-2H3,(H,19,20). The van der Waals surface area contributed by atoms with Crippen molar-refractivity contribution in [3.63, 3.8) is 0 Å². The average molecular weight is 300 g/mol. The second kappa shape index (κ2) is 8.02. The first-order valence-electron chi connectivity index (χ1n) is 7.10. The lowest BCUT2D eigenvalue weighted by Gasteiger charge is -2.08. The van der Waals surface area contributed by atoms with E-state index in [0.717, 1.165) is 16.9 Å². The predicted octanol–water partition coefficient (Wildman–Crippen LogP) is 2.35. The van der Waals surface area contributed by atoms with Crippen molar-refractivity contribution >= 4 is 5.91 Å². The molecule has 0 bridgehead atoms. The molecule has 1 aromatic heterocycles. The maximum absolute atomic E-state index is 11.9. The van der Waals surface area contributed by atoms with Gasteiger partial charge in [0.2, 0.25) is 11.8 Å². The van der Waals surface area contributed by atoms with Gasteiger partial charge in [0, 0.05) is 24.7 Å². The van der Waals surface area contributed by atoms with Gasteiger partial charge in [-0.1, -0.05) is 18.2 Å². The minimum Gasteiger partial charge on any atom is -0.497 e. The molecule has 0 atom stereocenters. The summed E-state index contributed by atoms with van der Waals surface area (Å²) in [7, 11) is 3.20. The summed E-state index contributed by atoms with van der Waals surface area (Å²) in [5.74, 6) is 1.36. The lowest BCUT2D eigenvalue weighted by molar-refractivity contribution is -0.121. The molecule has 0 saturated carbocycles. The van der Waals surface area contributed by atoms with Crippen molar-refractivity contribution in [3.05, 3.63) is 53.7 Å². The van der Waals surface area contributed by atoms with Crippen molar-refractivity contribution in [1.82, 2.24) is 10.3 Å². The number of rotatable bonds is 7. The number of benzene rings is 1. The Hall–Kier alpha value is -2.56. The summed E-state index contributed by atoms with van der Waals surface area (Å²) in [6.45, 7) is 0.415. The third-order valence-electron chi connectivity index (χ3n) is 3.32. The Morgan fingerprint density at radius 1 is 1.14 bits per heavy atom. The van der Waals surface area contributed by atoms with Gasteiger partial charge in [0.15, 0.2) is 0 Å². The van der Waals surface area contributed by atoms with Gasteiger partial charge in [-0.25, -0.2) is 4.98 Å². The lowest BCUT2D eigenvalue weighted by Crippen LogP contribution is -2.23. The third kappa shape index (κ3) is 4.48. The molecular formula is C17H20N2O3. The fourth-order valence-electron chi connectivity index (χ4n) is 2.07. The number of aromatic nitrogens is 1. The zero-order chi connectivity index (χ0) is 15.8. The van der Waals surface area contributed by atoms with E-state index in [2.05, 4.69) is 10.3 Å². The van der Waals surface area contributed by atoms with Crippen LogP contribution in [0.15, 0.2) is 42.6 Å². The summed E-state index contributed by atoms with van der Waals surface area (Å²) >= 11 is 0. The number of pyridine rings is 1. The first-order chi connectivity index (χ1) is 10.7. The van der Waals surface area contributed by atoms with Gasteiger partial charge in [-0.15, -0.1) is 0 Å². The second-order valence-electron chi connectivity index (χ2n) is 4.80. The van der Waals surface area contributed by atoms with E-state index in [1.807, 2.05) is 36.4 Å². The number of aryl methyl sites for hydroxylation is 1. The monoisotopic (exact) mass is 300 g/mol. The van der Waals surface area contributed by atoms with Gasteiger partial charge in [0.1, 0.15) is 5.75 Å². The number of carbonyl (C=O) groups excluding carboxylic acids is 1. The van der Waals surface area contributed by atoms with Crippen molar-refractivity contribution in [2.45, 2.75) is 19.4 Å². The van der Waals surface area contributed by atoms with Gasteiger partial charge in [0.05, 0.1) is 14.2 Å². The molecule has 5 heteroatoms. The molecule has 0 aliphatic carbocycles. The van der Waals surface area contributed by atoms with E-state index in [1.165, 1.54) is 0 Å². The van der Waals surface area contributed by atoms with Crippen LogP contribution < -0.4 is 14.8 Å². The molecule has 1 heterocycles. The third-order valence-corrected chi connectivity index (χ3v) is 3.32. The zero-order valence-corrected chi connectivity index (χ0v) is 12.8. The Morgan fingerprint density at radius 2 is 1.91 bits per heavy atom. The Balaban J connectivity index is 1.80. The fourth-order valence-corrected chi connectivity index (χ4v) is 2.07. The van der Waals surface area contributed by atoms with E-state index in [4.69, 9.17) is 9.47 Å². The van der Waals surface area contributed by atoms with Crippen molar-refractivity contribution in [3.8, 4) is 11.6 Å². The number of methoxy groups -OCH3 is 2. The molecule has 5 nitrogen and oxygen atoms in total. The molecule has 0 fully saturated rings. The number of nitrogens with one attached hydrogen (secondary N) is 1. The molecule has 2 aromatic rings. The Morgan fingerprint density at radius 3 is 2.59 bits per heavy atom. The largest absolute Gasteiger partial charge is 0.497 e. The minimum absolute atomic E-state index is 0.00160. The summed E-state index contributed by atoms with van der Waals surface area (Å²) < 4.78 is 10.3. The highest BCUT2D eigenvalue weighted by atomic mass is 16.5. The van der Waals surface area contributed by atoms with Crippen LogP contribution in [0.25, 0.3) is 0 Å². The summed E-state index contributed by atoms with van der Waals surface area (Å²) in [5.41, 5.74) is 1.97.